The van der Waals surface area contributed by atoms with Gasteiger partial charge in [0.1, 0.15) is 0 Å². The van der Waals surface area contributed by atoms with Gasteiger partial charge in [-0.15, -0.1) is 11.8 Å². The number of anilines is 1. The van der Waals surface area contributed by atoms with E-state index in [0.717, 1.165) is 5.56 Å². The van der Waals surface area contributed by atoms with Gasteiger partial charge >= 0.3 is 0 Å². The van der Waals surface area contributed by atoms with Crippen molar-refractivity contribution in [2.24, 2.45) is 0 Å². The van der Waals surface area contributed by atoms with Crippen molar-refractivity contribution in [3.05, 3.63) is 58.1 Å². The van der Waals surface area contributed by atoms with Crippen molar-refractivity contribution < 1.29 is 13.2 Å². The number of amides is 1. The van der Waals surface area contributed by atoms with Crippen molar-refractivity contribution in [2.45, 2.75) is 24.5 Å². The molecule has 0 bridgehead atoms. The van der Waals surface area contributed by atoms with Gasteiger partial charge in [-0.2, -0.15) is 4.31 Å². The van der Waals surface area contributed by atoms with Crippen LogP contribution in [-0.2, 0) is 20.6 Å². The van der Waals surface area contributed by atoms with E-state index in [-0.39, 0.29) is 16.6 Å². The quantitative estimate of drug-likeness (QED) is 0.577. The van der Waals surface area contributed by atoms with Gasteiger partial charge in [0, 0.05) is 34.6 Å². The molecule has 0 aliphatic heterocycles. The molecule has 2 aromatic carbocycles. The largest absolute Gasteiger partial charge is 0.325 e. The highest BCUT2D eigenvalue weighted by molar-refractivity contribution is 7.99. The maximum atomic E-state index is 12.5. The van der Waals surface area contributed by atoms with E-state index in [4.69, 9.17) is 23.2 Å². The fourth-order valence-electron chi connectivity index (χ4n) is 2.54. The maximum absolute atomic E-state index is 12.5. The lowest BCUT2D eigenvalue weighted by atomic mass is 10.2. The molecule has 0 aromatic heterocycles. The van der Waals surface area contributed by atoms with Gasteiger partial charge in [0.2, 0.25) is 15.9 Å². The summed E-state index contributed by atoms with van der Waals surface area (Å²) in [7, 11) is -3.51. The second kappa shape index (κ2) is 10.5. The SMILES string of the molecule is CCN(CC)S(=O)(=O)c1ccc(NC(=O)CSCc2c(Cl)cccc2Cl)cc1. The summed E-state index contributed by atoms with van der Waals surface area (Å²) in [5, 5.41) is 3.91. The number of halogens is 2. The van der Waals surface area contributed by atoms with Crippen LogP contribution in [0.5, 0.6) is 0 Å². The molecule has 2 rings (SSSR count). The number of thioether (sulfide) groups is 1. The molecule has 152 valence electrons. The molecule has 0 saturated carbocycles. The van der Waals surface area contributed by atoms with Crippen LogP contribution < -0.4 is 5.32 Å². The first kappa shape index (κ1) is 23.0. The zero-order valence-electron chi connectivity index (χ0n) is 15.6. The Labute approximate surface area is 180 Å². The van der Waals surface area contributed by atoms with Crippen molar-refractivity contribution in [3.8, 4) is 0 Å². The molecule has 9 heteroatoms. The molecule has 1 N–H and O–H groups in total. The third-order valence-corrected chi connectivity index (χ3v) is 7.75. The van der Waals surface area contributed by atoms with Crippen molar-refractivity contribution >= 4 is 56.6 Å². The molecule has 0 atom stereocenters. The van der Waals surface area contributed by atoms with E-state index in [0.29, 0.717) is 34.6 Å². The molecule has 0 heterocycles. The van der Waals surface area contributed by atoms with Crippen LogP contribution in [-0.4, -0.2) is 37.5 Å². The lowest BCUT2D eigenvalue weighted by molar-refractivity contribution is -0.113. The number of sulfonamides is 1. The van der Waals surface area contributed by atoms with Gasteiger partial charge in [0.15, 0.2) is 0 Å². The van der Waals surface area contributed by atoms with Crippen molar-refractivity contribution in [1.82, 2.24) is 4.31 Å². The molecule has 0 saturated heterocycles. The molecule has 1 amide bonds. The Morgan fingerprint density at radius 1 is 1.04 bits per heavy atom. The number of hydrogen-bond donors (Lipinski definition) is 1. The van der Waals surface area contributed by atoms with Crippen LogP contribution in [0.15, 0.2) is 47.4 Å². The van der Waals surface area contributed by atoms with Gasteiger partial charge in [-0.25, -0.2) is 8.42 Å². The predicted molar refractivity (Wildman–Crippen MR) is 118 cm³/mol. The summed E-state index contributed by atoms with van der Waals surface area (Å²) < 4.78 is 26.3. The van der Waals surface area contributed by atoms with Crippen LogP contribution >= 0.6 is 35.0 Å². The standard InChI is InChI=1S/C19H22Cl2N2O3S2/c1-3-23(4-2)28(25,26)15-10-8-14(9-11-15)22-19(24)13-27-12-16-17(20)6-5-7-18(16)21/h5-11H,3-4,12-13H2,1-2H3,(H,22,24). The maximum Gasteiger partial charge on any atom is 0.243 e. The van der Waals surface area contributed by atoms with Gasteiger partial charge < -0.3 is 5.32 Å². The van der Waals surface area contributed by atoms with Gasteiger partial charge in [-0.05, 0) is 42.0 Å². The van der Waals surface area contributed by atoms with Gasteiger partial charge in [-0.3, -0.25) is 4.79 Å². The minimum Gasteiger partial charge on any atom is -0.325 e. The summed E-state index contributed by atoms with van der Waals surface area (Å²) in [4.78, 5) is 12.3. The highest BCUT2D eigenvalue weighted by Gasteiger charge is 2.21. The zero-order valence-corrected chi connectivity index (χ0v) is 18.8. The number of nitrogens with zero attached hydrogens (tertiary/aromatic N) is 1. The number of benzene rings is 2. The van der Waals surface area contributed by atoms with E-state index in [1.54, 1.807) is 44.2 Å². The third kappa shape index (κ3) is 5.87. The minimum atomic E-state index is -3.51. The summed E-state index contributed by atoms with van der Waals surface area (Å²) >= 11 is 13.6. The summed E-state index contributed by atoms with van der Waals surface area (Å²) in [6, 6.07) is 11.5. The Hall–Kier alpha value is -1.25. The molecule has 0 aliphatic rings. The number of nitrogens with one attached hydrogen (secondary N) is 1. The summed E-state index contributed by atoms with van der Waals surface area (Å²) in [6.07, 6.45) is 0. The first-order valence-electron chi connectivity index (χ1n) is 8.70. The first-order valence-corrected chi connectivity index (χ1v) is 12.0. The molecule has 28 heavy (non-hydrogen) atoms. The van der Waals surface area contributed by atoms with Crippen LogP contribution in [0.4, 0.5) is 5.69 Å². The fourth-order valence-corrected chi connectivity index (χ4v) is 5.56. The number of carbonyl (C=O) groups is 1. The highest BCUT2D eigenvalue weighted by atomic mass is 35.5. The summed E-state index contributed by atoms with van der Waals surface area (Å²) in [5.74, 6) is 0.557. The lowest BCUT2D eigenvalue weighted by Crippen LogP contribution is -2.30. The van der Waals surface area contributed by atoms with Crippen LogP contribution in [0, 0.1) is 0 Å². The monoisotopic (exact) mass is 460 g/mol. The molecule has 5 nitrogen and oxygen atoms in total. The molecule has 0 fully saturated rings. The number of rotatable bonds is 9. The first-order chi connectivity index (χ1) is 13.3. The van der Waals surface area contributed by atoms with Crippen molar-refractivity contribution in [3.63, 3.8) is 0 Å². The van der Waals surface area contributed by atoms with Crippen molar-refractivity contribution in [1.29, 1.82) is 0 Å². The van der Waals surface area contributed by atoms with E-state index < -0.39 is 10.0 Å². The van der Waals surface area contributed by atoms with Gasteiger partial charge in [0.05, 0.1) is 10.6 Å². The van der Waals surface area contributed by atoms with Crippen LogP contribution in [0.2, 0.25) is 10.0 Å². The van der Waals surface area contributed by atoms with Crippen molar-refractivity contribution in [2.75, 3.05) is 24.2 Å². The Morgan fingerprint density at radius 2 is 1.61 bits per heavy atom. The summed E-state index contributed by atoms with van der Waals surface area (Å²) in [6.45, 7) is 4.40. The Bertz CT molecular complexity index is 895. The minimum absolute atomic E-state index is 0.187. The van der Waals surface area contributed by atoms with Crippen LogP contribution in [0.1, 0.15) is 19.4 Å². The lowest BCUT2D eigenvalue weighted by Gasteiger charge is -2.18. The molecule has 0 radical (unpaired) electrons. The van der Waals surface area contributed by atoms with Crippen LogP contribution in [0.25, 0.3) is 0 Å². The Morgan fingerprint density at radius 3 is 2.14 bits per heavy atom. The highest BCUT2D eigenvalue weighted by Crippen LogP contribution is 2.28. The average molecular weight is 461 g/mol. The topological polar surface area (TPSA) is 66.5 Å². The van der Waals surface area contributed by atoms with E-state index in [1.807, 2.05) is 0 Å². The molecular weight excluding hydrogens is 439 g/mol. The molecule has 2 aromatic rings. The second-order valence-corrected chi connectivity index (χ2v) is 9.59. The fraction of sp³-hybridized carbons (Fsp3) is 0.316. The normalized spacial score (nSPS) is 11.6. The van der Waals surface area contributed by atoms with E-state index in [2.05, 4.69) is 5.32 Å². The number of carbonyl (C=O) groups excluding carboxylic acids is 1. The Kier molecular flexibility index (Phi) is 8.64. The zero-order chi connectivity index (χ0) is 20.7. The van der Waals surface area contributed by atoms with Gasteiger partial charge in [0.25, 0.3) is 0 Å². The van der Waals surface area contributed by atoms with E-state index in [9.17, 15) is 13.2 Å². The molecule has 0 unspecified atom stereocenters. The summed E-state index contributed by atoms with van der Waals surface area (Å²) in [5.41, 5.74) is 1.34. The van der Waals surface area contributed by atoms with E-state index in [1.165, 1.54) is 28.2 Å². The van der Waals surface area contributed by atoms with E-state index >= 15 is 0 Å². The third-order valence-electron chi connectivity index (χ3n) is 4.02. The van der Waals surface area contributed by atoms with Crippen LogP contribution in [0.3, 0.4) is 0 Å². The smallest absolute Gasteiger partial charge is 0.243 e. The van der Waals surface area contributed by atoms with Gasteiger partial charge in [-0.1, -0.05) is 43.1 Å². The average Bonchev–Trinajstić information content (AvgIpc) is 2.65. The molecular formula is C19H22Cl2N2O3S2. The Balaban J connectivity index is 1.92. The molecule has 0 spiro atoms. The molecule has 0 aliphatic carbocycles. The predicted octanol–water partition coefficient (Wildman–Crippen LogP) is 4.90. The number of hydrogen-bond acceptors (Lipinski definition) is 4. The second-order valence-electron chi connectivity index (χ2n) is 5.85.